The summed E-state index contributed by atoms with van der Waals surface area (Å²) in [4.78, 5) is 54.4. The maximum atomic E-state index is 13.5. The van der Waals surface area contributed by atoms with E-state index in [2.05, 4.69) is 5.32 Å². The number of fused-ring (bicyclic) bond motifs is 1. The van der Waals surface area contributed by atoms with Gasteiger partial charge < -0.3 is 14.6 Å². The zero-order valence-electron chi connectivity index (χ0n) is 18.6. The molecular weight excluding hydrogens is 480 g/mol. The molecule has 9 nitrogen and oxygen atoms in total. The van der Waals surface area contributed by atoms with Crippen molar-refractivity contribution in [1.29, 1.82) is 0 Å². The van der Waals surface area contributed by atoms with Gasteiger partial charge in [-0.15, -0.1) is 11.3 Å². The number of carbonyl (C=O) groups excluding carboxylic acids is 2. The van der Waals surface area contributed by atoms with Crippen molar-refractivity contribution >= 4 is 45.0 Å². The molecule has 0 saturated carbocycles. The number of hydrogen-bond donors (Lipinski definition) is 1. The van der Waals surface area contributed by atoms with Gasteiger partial charge in [-0.05, 0) is 48.9 Å². The first-order valence-corrected chi connectivity index (χ1v) is 11.4. The smallest absolute Gasteiger partial charge is 0.337 e. The van der Waals surface area contributed by atoms with E-state index in [9.17, 15) is 19.2 Å². The summed E-state index contributed by atoms with van der Waals surface area (Å²) in [5.74, 6) is -0.187. The van der Waals surface area contributed by atoms with Crippen LogP contribution < -0.4 is 16.6 Å². The van der Waals surface area contributed by atoms with Crippen LogP contribution >= 0.6 is 22.9 Å². The van der Waals surface area contributed by atoms with E-state index >= 15 is 0 Å². The number of aryl methyl sites for hydroxylation is 1. The minimum absolute atomic E-state index is 0.147. The first-order chi connectivity index (χ1) is 16.2. The Morgan fingerprint density at radius 2 is 1.85 bits per heavy atom. The number of hydrogen-bond acceptors (Lipinski definition) is 6. The molecule has 4 rings (SSSR count). The molecule has 0 radical (unpaired) electrons. The molecule has 0 aliphatic carbocycles. The van der Waals surface area contributed by atoms with Gasteiger partial charge in [0.2, 0.25) is 5.91 Å². The Labute approximate surface area is 202 Å². The Morgan fingerprint density at radius 3 is 2.47 bits per heavy atom. The third kappa shape index (κ3) is 4.29. The summed E-state index contributed by atoms with van der Waals surface area (Å²) in [5, 5.41) is 3.36. The highest BCUT2D eigenvalue weighted by Gasteiger charge is 2.25. The Bertz CT molecular complexity index is 1500. The van der Waals surface area contributed by atoms with Gasteiger partial charge in [-0.1, -0.05) is 11.6 Å². The van der Waals surface area contributed by atoms with Crippen molar-refractivity contribution in [3.05, 3.63) is 84.7 Å². The summed E-state index contributed by atoms with van der Waals surface area (Å²) in [6.45, 7) is 1.46. The summed E-state index contributed by atoms with van der Waals surface area (Å²) in [6, 6.07) is 9.64. The van der Waals surface area contributed by atoms with E-state index in [4.69, 9.17) is 16.0 Å². The number of carbonyl (C=O) groups is 2. The number of aromatic nitrogens is 2. The van der Waals surface area contributed by atoms with Crippen molar-refractivity contribution in [2.75, 3.05) is 14.1 Å². The van der Waals surface area contributed by atoms with Crippen molar-refractivity contribution in [3.8, 4) is 5.69 Å². The molecule has 0 fully saturated rings. The van der Waals surface area contributed by atoms with E-state index in [1.54, 1.807) is 57.4 Å². The third-order valence-corrected chi connectivity index (χ3v) is 6.79. The van der Waals surface area contributed by atoms with Crippen LogP contribution in [-0.4, -0.2) is 39.9 Å². The fourth-order valence-corrected chi connectivity index (χ4v) is 4.95. The SMILES string of the molecule is Cc1c(C(=O)N(C)C)sc2c1c(=O)n(-c1ccc(Cl)cc1)c(=O)n2CC(=O)NCc1ccco1. The topological polar surface area (TPSA) is 107 Å². The van der Waals surface area contributed by atoms with Gasteiger partial charge in [0.05, 0.1) is 28.8 Å². The van der Waals surface area contributed by atoms with Gasteiger partial charge in [-0.25, -0.2) is 9.36 Å². The molecule has 3 heterocycles. The highest BCUT2D eigenvalue weighted by molar-refractivity contribution is 7.20. The first kappa shape index (κ1) is 23.5. The molecule has 3 aromatic heterocycles. The molecule has 0 aliphatic rings. The van der Waals surface area contributed by atoms with Crippen molar-refractivity contribution < 1.29 is 14.0 Å². The molecule has 1 aromatic carbocycles. The number of rotatable bonds is 6. The van der Waals surface area contributed by atoms with Crippen molar-refractivity contribution in [2.45, 2.75) is 20.0 Å². The molecule has 0 unspecified atom stereocenters. The predicted octanol–water partition coefficient (Wildman–Crippen LogP) is 2.79. The zero-order chi connectivity index (χ0) is 24.6. The Kier molecular flexibility index (Phi) is 6.45. The van der Waals surface area contributed by atoms with Crippen molar-refractivity contribution in [1.82, 2.24) is 19.4 Å². The van der Waals surface area contributed by atoms with Crippen LogP contribution in [0.25, 0.3) is 15.9 Å². The van der Waals surface area contributed by atoms with Crippen LogP contribution in [-0.2, 0) is 17.9 Å². The number of halogens is 1. The van der Waals surface area contributed by atoms with E-state index in [0.29, 0.717) is 26.9 Å². The van der Waals surface area contributed by atoms with E-state index in [1.165, 1.54) is 15.7 Å². The minimum atomic E-state index is -0.696. The first-order valence-electron chi connectivity index (χ1n) is 10.2. The number of benzene rings is 1. The summed E-state index contributed by atoms with van der Waals surface area (Å²) < 4.78 is 7.42. The molecule has 4 aromatic rings. The van der Waals surface area contributed by atoms with Crippen LogP contribution in [0.5, 0.6) is 0 Å². The molecular formula is C23H21ClN4O5S. The molecule has 11 heteroatoms. The minimum Gasteiger partial charge on any atom is -0.467 e. The molecule has 1 N–H and O–H groups in total. The second kappa shape index (κ2) is 9.32. The molecule has 0 atom stereocenters. The summed E-state index contributed by atoms with van der Waals surface area (Å²) in [5.41, 5.74) is -0.507. The molecule has 34 heavy (non-hydrogen) atoms. The van der Waals surface area contributed by atoms with E-state index < -0.39 is 17.2 Å². The van der Waals surface area contributed by atoms with Crippen LogP contribution in [0.1, 0.15) is 21.0 Å². The number of furan rings is 1. The molecule has 176 valence electrons. The zero-order valence-corrected chi connectivity index (χ0v) is 20.2. The lowest BCUT2D eigenvalue weighted by Crippen LogP contribution is -2.41. The largest absolute Gasteiger partial charge is 0.467 e. The lowest BCUT2D eigenvalue weighted by Gasteiger charge is -2.12. The van der Waals surface area contributed by atoms with Gasteiger partial charge >= 0.3 is 5.69 Å². The fourth-order valence-electron chi connectivity index (χ4n) is 3.51. The maximum Gasteiger partial charge on any atom is 0.337 e. The standard InChI is InChI=1S/C23H21ClN4O5S/c1-13-18-20(30)28(15-8-6-14(24)7-9-15)23(32)27(22(18)34-19(13)21(31)26(2)3)12-17(29)25-11-16-5-4-10-33-16/h4-10H,11-12H2,1-3H3,(H,25,29). The van der Waals surface area contributed by atoms with Crippen molar-refractivity contribution in [2.24, 2.45) is 0 Å². The maximum absolute atomic E-state index is 13.5. The van der Waals surface area contributed by atoms with E-state index in [1.807, 2.05) is 0 Å². The second-order valence-corrected chi connectivity index (χ2v) is 9.21. The number of nitrogens with one attached hydrogen (secondary N) is 1. The molecule has 0 aliphatic heterocycles. The van der Waals surface area contributed by atoms with E-state index in [0.717, 1.165) is 15.9 Å². The monoisotopic (exact) mass is 500 g/mol. The number of thiophene rings is 1. The summed E-state index contributed by atoms with van der Waals surface area (Å²) >= 11 is 6.99. The van der Waals surface area contributed by atoms with Gasteiger partial charge in [0.1, 0.15) is 17.1 Å². The average Bonchev–Trinajstić information content (AvgIpc) is 3.44. The van der Waals surface area contributed by atoms with Crippen LogP contribution in [0, 0.1) is 6.92 Å². The second-order valence-electron chi connectivity index (χ2n) is 7.78. The third-order valence-electron chi connectivity index (χ3n) is 5.24. The van der Waals surface area contributed by atoms with E-state index in [-0.39, 0.29) is 29.2 Å². The van der Waals surface area contributed by atoms with Crippen molar-refractivity contribution in [3.63, 3.8) is 0 Å². The lowest BCUT2D eigenvalue weighted by molar-refractivity contribution is -0.121. The molecule has 2 amide bonds. The van der Waals surface area contributed by atoms with Crippen LogP contribution in [0.15, 0.2) is 56.7 Å². The van der Waals surface area contributed by atoms with Gasteiger partial charge in [-0.2, -0.15) is 0 Å². The number of amides is 2. The summed E-state index contributed by atoms with van der Waals surface area (Å²) in [7, 11) is 3.21. The highest BCUT2D eigenvalue weighted by atomic mass is 35.5. The normalized spacial score (nSPS) is 11.1. The van der Waals surface area contributed by atoms with Crippen LogP contribution in [0.4, 0.5) is 0 Å². The van der Waals surface area contributed by atoms with Crippen LogP contribution in [0.2, 0.25) is 5.02 Å². The van der Waals surface area contributed by atoms with Gasteiger partial charge in [0.25, 0.3) is 11.5 Å². The van der Waals surface area contributed by atoms with Crippen LogP contribution in [0.3, 0.4) is 0 Å². The quantitative estimate of drug-likeness (QED) is 0.438. The molecule has 0 spiro atoms. The number of nitrogens with zero attached hydrogens (tertiary/aromatic N) is 3. The average molecular weight is 501 g/mol. The predicted molar refractivity (Wildman–Crippen MR) is 130 cm³/mol. The summed E-state index contributed by atoms with van der Waals surface area (Å²) in [6.07, 6.45) is 1.50. The Morgan fingerprint density at radius 1 is 1.15 bits per heavy atom. The highest BCUT2D eigenvalue weighted by Crippen LogP contribution is 2.29. The molecule has 0 saturated heterocycles. The van der Waals surface area contributed by atoms with Gasteiger partial charge in [0, 0.05) is 19.1 Å². The van der Waals surface area contributed by atoms with Gasteiger partial charge in [0.15, 0.2) is 0 Å². The molecule has 0 bridgehead atoms. The fraction of sp³-hybridized carbons (Fsp3) is 0.217. The lowest BCUT2D eigenvalue weighted by atomic mass is 10.2. The Hall–Kier alpha value is -3.63. The van der Waals surface area contributed by atoms with Gasteiger partial charge in [-0.3, -0.25) is 19.0 Å². The Balaban J connectivity index is 1.89.